The van der Waals surface area contributed by atoms with Gasteiger partial charge in [-0.25, -0.2) is 0 Å². The van der Waals surface area contributed by atoms with E-state index in [1.54, 1.807) is 0 Å². The molecule has 0 radical (unpaired) electrons. The van der Waals surface area contributed by atoms with Crippen LogP contribution in [0.15, 0.2) is 0 Å². The number of amides is 1. The van der Waals surface area contributed by atoms with Crippen molar-refractivity contribution in [2.24, 2.45) is 5.92 Å². The minimum absolute atomic E-state index is 0.222. The Balaban J connectivity index is 1.65. The Morgan fingerprint density at radius 2 is 2.06 bits per heavy atom. The molecule has 2 fully saturated rings. The highest BCUT2D eigenvalue weighted by Gasteiger charge is 2.23. The first-order valence-corrected chi connectivity index (χ1v) is 7.16. The van der Waals surface area contributed by atoms with Crippen molar-refractivity contribution in [3.8, 4) is 0 Å². The number of hydrogen-bond acceptors (Lipinski definition) is 2. The van der Waals surface area contributed by atoms with Gasteiger partial charge >= 0.3 is 0 Å². The standard InChI is InChI=1S/C14H25NO2/c1-11-5-2-3-7-13(11)15-14(16)9-8-12-6-4-10-17-12/h11-13H,2-10H2,1H3,(H,15,16)/t11-,12-,13-/m1/s1. The maximum absolute atomic E-state index is 11.8. The zero-order valence-electron chi connectivity index (χ0n) is 10.9. The molecule has 0 aromatic carbocycles. The summed E-state index contributed by atoms with van der Waals surface area (Å²) in [5.41, 5.74) is 0. The van der Waals surface area contributed by atoms with Crippen LogP contribution in [0, 0.1) is 5.92 Å². The first kappa shape index (κ1) is 12.9. The van der Waals surface area contributed by atoms with E-state index in [0.29, 0.717) is 24.5 Å². The summed E-state index contributed by atoms with van der Waals surface area (Å²) in [6.45, 7) is 3.14. The van der Waals surface area contributed by atoms with E-state index in [4.69, 9.17) is 4.74 Å². The van der Waals surface area contributed by atoms with Crippen molar-refractivity contribution in [2.45, 2.75) is 70.4 Å². The summed E-state index contributed by atoms with van der Waals surface area (Å²) in [4.78, 5) is 11.8. The Bertz CT molecular complexity index is 249. The lowest BCUT2D eigenvalue weighted by molar-refractivity contribution is -0.123. The molecule has 2 rings (SSSR count). The average molecular weight is 239 g/mol. The molecule has 98 valence electrons. The molecule has 1 aliphatic heterocycles. The summed E-state index contributed by atoms with van der Waals surface area (Å²) in [7, 11) is 0. The molecule has 0 spiro atoms. The molecule has 3 nitrogen and oxygen atoms in total. The number of nitrogens with one attached hydrogen (secondary N) is 1. The largest absolute Gasteiger partial charge is 0.378 e. The van der Waals surface area contributed by atoms with Crippen LogP contribution in [0.1, 0.15) is 58.3 Å². The fraction of sp³-hybridized carbons (Fsp3) is 0.929. The van der Waals surface area contributed by atoms with Crippen molar-refractivity contribution < 1.29 is 9.53 Å². The van der Waals surface area contributed by atoms with Crippen molar-refractivity contribution in [3.05, 3.63) is 0 Å². The van der Waals surface area contributed by atoms with E-state index in [-0.39, 0.29) is 5.91 Å². The maximum Gasteiger partial charge on any atom is 0.220 e. The van der Waals surface area contributed by atoms with Gasteiger partial charge in [-0.1, -0.05) is 19.8 Å². The number of carbonyl (C=O) groups excluding carboxylic acids is 1. The fourth-order valence-electron chi connectivity index (χ4n) is 2.97. The van der Waals surface area contributed by atoms with E-state index in [1.807, 2.05) is 0 Å². The molecular formula is C14H25NO2. The second-order valence-electron chi connectivity index (χ2n) is 5.61. The summed E-state index contributed by atoms with van der Waals surface area (Å²) < 4.78 is 5.53. The van der Waals surface area contributed by atoms with Gasteiger partial charge in [-0.2, -0.15) is 0 Å². The van der Waals surface area contributed by atoms with Crippen molar-refractivity contribution in [1.29, 1.82) is 0 Å². The monoisotopic (exact) mass is 239 g/mol. The van der Waals surface area contributed by atoms with Gasteiger partial charge in [-0.15, -0.1) is 0 Å². The quantitative estimate of drug-likeness (QED) is 0.819. The van der Waals surface area contributed by atoms with Crippen LogP contribution in [0.25, 0.3) is 0 Å². The number of rotatable bonds is 4. The summed E-state index contributed by atoms with van der Waals surface area (Å²) in [5.74, 6) is 0.870. The molecule has 3 atom stereocenters. The molecule has 3 heteroatoms. The summed E-state index contributed by atoms with van der Waals surface area (Å²) in [6.07, 6.45) is 9.16. The zero-order valence-corrected chi connectivity index (χ0v) is 10.9. The number of ether oxygens (including phenoxy) is 1. The molecule has 1 saturated carbocycles. The van der Waals surface area contributed by atoms with Crippen LogP contribution in [0.3, 0.4) is 0 Å². The minimum atomic E-state index is 0.222. The Labute approximate surface area is 104 Å². The van der Waals surface area contributed by atoms with Gasteiger partial charge in [0.05, 0.1) is 6.10 Å². The molecular weight excluding hydrogens is 214 g/mol. The smallest absolute Gasteiger partial charge is 0.220 e. The van der Waals surface area contributed by atoms with Crippen molar-refractivity contribution in [2.75, 3.05) is 6.61 Å². The van der Waals surface area contributed by atoms with Crippen LogP contribution in [0.2, 0.25) is 0 Å². The third-order valence-electron chi connectivity index (χ3n) is 4.18. The van der Waals surface area contributed by atoms with Gasteiger partial charge in [0.25, 0.3) is 0 Å². The van der Waals surface area contributed by atoms with Gasteiger partial charge in [0.15, 0.2) is 0 Å². The van der Waals surface area contributed by atoms with E-state index in [0.717, 1.165) is 32.3 Å². The Kier molecular flexibility index (Phi) is 4.84. The number of carbonyl (C=O) groups is 1. The van der Waals surface area contributed by atoms with Gasteiger partial charge in [0, 0.05) is 19.1 Å². The molecule has 2 aliphatic rings. The molecule has 1 heterocycles. The van der Waals surface area contributed by atoms with E-state index in [1.165, 1.54) is 19.3 Å². The summed E-state index contributed by atoms with van der Waals surface area (Å²) in [6, 6.07) is 0.417. The number of hydrogen-bond donors (Lipinski definition) is 1. The molecule has 0 aromatic heterocycles. The molecule has 1 aliphatic carbocycles. The van der Waals surface area contributed by atoms with E-state index >= 15 is 0 Å². The zero-order chi connectivity index (χ0) is 12.1. The molecule has 0 bridgehead atoms. The lowest BCUT2D eigenvalue weighted by Crippen LogP contribution is -2.41. The van der Waals surface area contributed by atoms with Crippen LogP contribution < -0.4 is 5.32 Å². The van der Waals surface area contributed by atoms with Gasteiger partial charge in [-0.3, -0.25) is 4.79 Å². The third-order valence-corrected chi connectivity index (χ3v) is 4.18. The van der Waals surface area contributed by atoms with Gasteiger partial charge in [0.2, 0.25) is 5.91 Å². The fourth-order valence-corrected chi connectivity index (χ4v) is 2.97. The third kappa shape index (κ3) is 3.98. The summed E-state index contributed by atoms with van der Waals surface area (Å²) >= 11 is 0. The minimum Gasteiger partial charge on any atom is -0.378 e. The van der Waals surface area contributed by atoms with Crippen LogP contribution in [0.5, 0.6) is 0 Å². The molecule has 0 unspecified atom stereocenters. The van der Waals surface area contributed by atoms with Crippen LogP contribution in [-0.4, -0.2) is 24.7 Å². The van der Waals surface area contributed by atoms with Crippen molar-refractivity contribution in [1.82, 2.24) is 5.32 Å². The van der Waals surface area contributed by atoms with E-state index in [9.17, 15) is 4.79 Å². The summed E-state index contributed by atoms with van der Waals surface area (Å²) in [5, 5.41) is 3.20. The highest BCUT2D eigenvalue weighted by atomic mass is 16.5. The highest BCUT2D eigenvalue weighted by Crippen LogP contribution is 2.24. The SMILES string of the molecule is C[C@@H]1CCCC[C@H]1NC(=O)CC[C@H]1CCCO1. The first-order chi connectivity index (χ1) is 8.25. The van der Waals surface area contributed by atoms with Crippen molar-refractivity contribution >= 4 is 5.91 Å². The van der Waals surface area contributed by atoms with Crippen LogP contribution in [-0.2, 0) is 9.53 Å². The predicted octanol–water partition coefficient (Wildman–Crippen LogP) is 2.64. The van der Waals surface area contributed by atoms with Crippen LogP contribution in [0.4, 0.5) is 0 Å². The molecule has 1 saturated heterocycles. The normalized spacial score (nSPS) is 33.6. The lowest BCUT2D eigenvalue weighted by atomic mass is 9.86. The Morgan fingerprint density at radius 3 is 2.76 bits per heavy atom. The lowest BCUT2D eigenvalue weighted by Gasteiger charge is -2.29. The average Bonchev–Trinajstić information content (AvgIpc) is 2.82. The van der Waals surface area contributed by atoms with Gasteiger partial charge in [-0.05, 0) is 38.0 Å². The van der Waals surface area contributed by atoms with Gasteiger partial charge < -0.3 is 10.1 Å². The van der Waals surface area contributed by atoms with Crippen molar-refractivity contribution in [3.63, 3.8) is 0 Å². The molecule has 0 aromatic rings. The molecule has 1 amide bonds. The first-order valence-electron chi connectivity index (χ1n) is 7.16. The predicted molar refractivity (Wildman–Crippen MR) is 67.8 cm³/mol. The van der Waals surface area contributed by atoms with E-state index < -0.39 is 0 Å². The maximum atomic E-state index is 11.8. The van der Waals surface area contributed by atoms with Crippen LogP contribution >= 0.6 is 0 Å². The van der Waals surface area contributed by atoms with E-state index in [2.05, 4.69) is 12.2 Å². The topological polar surface area (TPSA) is 38.3 Å². The second-order valence-corrected chi connectivity index (χ2v) is 5.61. The molecule has 17 heavy (non-hydrogen) atoms. The second kappa shape index (κ2) is 6.39. The molecule has 1 N–H and O–H groups in total. The Morgan fingerprint density at radius 1 is 1.24 bits per heavy atom. The highest BCUT2D eigenvalue weighted by molar-refractivity contribution is 5.76. The van der Waals surface area contributed by atoms with Gasteiger partial charge in [0.1, 0.15) is 0 Å². The Hall–Kier alpha value is -0.570.